The first-order valence-corrected chi connectivity index (χ1v) is 7.77. The van der Waals surface area contributed by atoms with Gasteiger partial charge in [-0.1, -0.05) is 24.3 Å². The van der Waals surface area contributed by atoms with Crippen molar-refractivity contribution in [1.29, 1.82) is 0 Å². The molecule has 2 aliphatic carbocycles. The van der Waals surface area contributed by atoms with E-state index in [-0.39, 0.29) is 0 Å². The number of fused-ring (bicyclic) bond motifs is 3. The van der Waals surface area contributed by atoms with Gasteiger partial charge in [-0.3, -0.25) is 0 Å². The average molecular weight is 257 g/mol. The third kappa shape index (κ3) is 1.93. The van der Waals surface area contributed by atoms with E-state index in [1.807, 2.05) is 0 Å². The monoisotopic (exact) mass is 257 g/mol. The smallest absolute Gasteiger partial charge is 0.0469 e. The van der Waals surface area contributed by atoms with Crippen LogP contribution >= 0.6 is 0 Å². The van der Waals surface area contributed by atoms with Gasteiger partial charge in [-0.15, -0.1) is 0 Å². The number of nitrogens with two attached hydrogens (primary N) is 1. The highest BCUT2D eigenvalue weighted by Gasteiger charge is 2.56. The molecule has 0 amide bonds. The van der Waals surface area contributed by atoms with Gasteiger partial charge in [-0.05, 0) is 60.5 Å². The van der Waals surface area contributed by atoms with E-state index in [2.05, 4.69) is 24.3 Å². The molecule has 1 saturated carbocycles. The summed E-state index contributed by atoms with van der Waals surface area (Å²) in [7, 11) is 0. The van der Waals surface area contributed by atoms with Crippen LogP contribution in [0, 0.1) is 17.8 Å². The van der Waals surface area contributed by atoms with E-state index in [0.29, 0.717) is 12.0 Å². The summed E-state index contributed by atoms with van der Waals surface area (Å²) in [6, 6.07) is 9.40. The van der Waals surface area contributed by atoms with Crippen molar-refractivity contribution < 1.29 is 4.74 Å². The van der Waals surface area contributed by atoms with Crippen LogP contribution in [0.1, 0.15) is 36.3 Å². The lowest BCUT2D eigenvalue weighted by Gasteiger charge is -2.28. The Morgan fingerprint density at radius 2 is 1.89 bits per heavy atom. The Morgan fingerprint density at radius 3 is 2.74 bits per heavy atom. The second kappa shape index (κ2) is 4.60. The Labute approximate surface area is 115 Å². The van der Waals surface area contributed by atoms with Gasteiger partial charge in [0, 0.05) is 19.3 Å². The minimum atomic E-state index is 0.394. The molecule has 2 N–H and O–H groups in total. The fourth-order valence-corrected chi connectivity index (χ4v) is 4.56. The molecule has 0 spiro atoms. The summed E-state index contributed by atoms with van der Waals surface area (Å²) in [5.74, 6) is 3.07. The number of aryl methyl sites for hydroxylation is 1. The van der Waals surface area contributed by atoms with Crippen LogP contribution in [0.5, 0.6) is 0 Å². The van der Waals surface area contributed by atoms with Gasteiger partial charge in [0.25, 0.3) is 0 Å². The molecular formula is C17H23NO. The van der Waals surface area contributed by atoms with Gasteiger partial charge < -0.3 is 10.5 Å². The quantitative estimate of drug-likeness (QED) is 0.884. The Balaban J connectivity index is 1.53. The molecule has 1 aliphatic heterocycles. The SMILES string of the molecule is NC(C1CCOCC1)C1C2CCc3ccccc3C21. The Morgan fingerprint density at radius 1 is 1.11 bits per heavy atom. The van der Waals surface area contributed by atoms with Gasteiger partial charge in [-0.2, -0.15) is 0 Å². The molecular weight excluding hydrogens is 234 g/mol. The lowest BCUT2D eigenvalue weighted by atomic mass is 9.88. The molecule has 1 aromatic rings. The van der Waals surface area contributed by atoms with Crippen molar-refractivity contribution >= 4 is 0 Å². The topological polar surface area (TPSA) is 35.2 Å². The maximum Gasteiger partial charge on any atom is 0.0469 e. The van der Waals surface area contributed by atoms with E-state index in [1.165, 1.54) is 25.7 Å². The highest BCUT2D eigenvalue weighted by molar-refractivity contribution is 5.40. The Bertz CT molecular complexity index is 466. The first kappa shape index (κ1) is 11.9. The lowest BCUT2D eigenvalue weighted by Crippen LogP contribution is -2.36. The number of ether oxygens (including phenoxy) is 1. The zero-order chi connectivity index (χ0) is 12.8. The predicted octanol–water partition coefficient (Wildman–Crippen LogP) is 2.72. The molecule has 0 bridgehead atoms. The molecule has 2 nitrogen and oxygen atoms in total. The van der Waals surface area contributed by atoms with Gasteiger partial charge in [0.05, 0.1) is 0 Å². The van der Waals surface area contributed by atoms with E-state index in [4.69, 9.17) is 10.5 Å². The average Bonchev–Trinajstić information content (AvgIpc) is 3.22. The highest BCUT2D eigenvalue weighted by atomic mass is 16.5. The van der Waals surface area contributed by atoms with Crippen molar-refractivity contribution in [3.8, 4) is 0 Å². The van der Waals surface area contributed by atoms with Gasteiger partial charge in [0.2, 0.25) is 0 Å². The molecule has 4 atom stereocenters. The molecule has 2 fully saturated rings. The fourth-order valence-electron chi connectivity index (χ4n) is 4.56. The van der Waals surface area contributed by atoms with Crippen molar-refractivity contribution in [3.63, 3.8) is 0 Å². The van der Waals surface area contributed by atoms with E-state index in [1.54, 1.807) is 11.1 Å². The molecule has 0 radical (unpaired) electrons. The first-order chi connectivity index (χ1) is 9.36. The first-order valence-electron chi connectivity index (χ1n) is 7.77. The van der Waals surface area contributed by atoms with Gasteiger partial charge in [-0.25, -0.2) is 0 Å². The van der Waals surface area contributed by atoms with Gasteiger partial charge in [0.1, 0.15) is 0 Å². The van der Waals surface area contributed by atoms with Gasteiger partial charge >= 0.3 is 0 Å². The number of benzene rings is 1. The lowest BCUT2D eigenvalue weighted by molar-refractivity contribution is 0.0552. The second-order valence-electron chi connectivity index (χ2n) is 6.53. The standard InChI is InChI=1S/C17H23NO/c18-17(12-7-9-19-10-8-12)16-14-6-5-11-3-1-2-4-13(11)15(14)16/h1-4,12,14-17H,5-10,18H2. The van der Waals surface area contributed by atoms with Crippen LogP contribution < -0.4 is 5.73 Å². The fraction of sp³-hybridized carbons (Fsp3) is 0.647. The molecule has 102 valence electrons. The van der Waals surface area contributed by atoms with E-state index >= 15 is 0 Å². The zero-order valence-corrected chi connectivity index (χ0v) is 11.4. The minimum absolute atomic E-state index is 0.394. The van der Waals surface area contributed by atoms with Crippen LogP contribution in [0.3, 0.4) is 0 Å². The third-order valence-corrected chi connectivity index (χ3v) is 5.65. The summed E-state index contributed by atoms with van der Waals surface area (Å²) in [4.78, 5) is 0. The summed E-state index contributed by atoms with van der Waals surface area (Å²) >= 11 is 0. The van der Waals surface area contributed by atoms with Crippen LogP contribution in [-0.4, -0.2) is 19.3 Å². The molecule has 2 heteroatoms. The van der Waals surface area contributed by atoms with Crippen LogP contribution in [0.25, 0.3) is 0 Å². The Kier molecular flexibility index (Phi) is 2.89. The number of rotatable bonds is 2. The minimum Gasteiger partial charge on any atom is -0.381 e. The van der Waals surface area contributed by atoms with Crippen molar-refractivity contribution in [3.05, 3.63) is 35.4 Å². The van der Waals surface area contributed by atoms with E-state index in [0.717, 1.165) is 31.0 Å². The van der Waals surface area contributed by atoms with Crippen molar-refractivity contribution in [1.82, 2.24) is 0 Å². The molecule has 19 heavy (non-hydrogen) atoms. The summed E-state index contributed by atoms with van der Waals surface area (Å²) in [6.07, 6.45) is 4.94. The van der Waals surface area contributed by atoms with Crippen molar-refractivity contribution in [2.45, 2.75) is 37.6 Å². The third-order valence-electron chi connectivity index (χ3n) is 5.65. The van der Waals surface area contributed by atoms with E-state index < -0.39 is 0 Å². The van der Waals surface area contributed by atoms with Crippen molar-refractivity contribution in [2.75, 3.05) is 13.2 Å². The number of hydrogen-bond acceptors (Lipinski definition) is 2. The molecule has 4 unspecified atom stereocenters. The van der Waals surface area contributed by atoms with Crippen molar-refractivity contribution in [2.24, 2.45) is 23.5 Å². The predicted molar refractivity (Wildman–Crippen MR) is 76.0 cm³/mol. The normalized spacial score (nSPS) is 35.3. The van der Waals surface area contributed by atoms with Crippen LogP contribution in [0.15, 0.2) is 24.3 Å². The van der Waals surface area contributed by atoms with Crippen LogP contribution in [0.4, 0.5) is 0 Å². The maximum absolute atomic E-state index is 6.62. The molecule has 3 aliphatic rings. The summed E-state index contributed by atoms with van der Waals surface area (Å²) < 4.78 is 5.47. The van der Waals surface area contributed by atoms with Crippen LogP contribution in [-0.2, 0) is 11.2 Å². The summed E-state index contributed by atoms with van der Waals surface area (Å²) in [6.45, 7) is 1.83. The molecule has 4 rings (SSSR count). The van der Waals surface area contributed by atoms with Gasteiger partial charge in [0.15, 0.2) is 0 Å². The maximum atomic E-state index is 6.62. The van der Waals surface area contributed by atoms with Crippen LogP contribution in [0.2, 0.25) is 0 Å². The largest absolute Gasteiger partial charge is 0.381 e. The second-order valence-corrected chi connectivity index (χ2v) is 6.53. The Hall–Kier alpha value is -0.860. The molecule has 1 aromatic carbocycles. The highest BCUT2D eigenvalue weighted by Crippen LogP contribution is 2.62. The van der Waals surface area contributed by atoms with E-state index in [9.17, 15) is 0 Å². The number of hydrogen-bond donors (Lipinski definition) is 1. The molecule has 1 heterocycles. The zero-order valence-electron chi connectivity index (χ0n) is 11.4. The molecule has 1 saturated heterocycles. The summed E-state index contributed by atoms with van der Waals surface area (Å²) in [5.41, 5.74) is 9.79. The summed E-state index contributed by atoms with van der Waals surface area (Å²) in [5, 5.41) is 0. The molecule has 0 aromatic heterocycles.